The zero-order chi connectivity index (χ0) is 15.9. The Kier molecular flexibility index (Phi) is 5.78. The Morgan fingerprint density at radius 3 is 2.30 bits per heavy atom. The molecule has 2 aromatic rings. The minimum absolute atomic E-state index is 0.160. The Morgan fingerprint density at radius 2 is 1.61 bits per heavy atom. The van der Waals surface area contributed by atoms with Gasteiger partial charge in [-0.15, -0.1) is 0 Å². The van der Waals surface area contributed by atoms with Crippen LogP contribution < -0.4 is 5.32 Å². The van der Waals surface area contributed by atoms with Crippen molar-refractivity contribution in [3.63, 3.8) is 0 Å². The van der Waals surface area contributed by atoms with Crippen LogP contribution in [0.25, 0.3) is 0 Å². The average molecular weight is 312 g/mol. The molecule has 0 aromatic heterocycles. The lowest BCUT2D eigenvalue weighted by Crippen LogP contribution is -2.42. The van der Waals surface area contributed by atoms with Gasteiger partial charge in [-0.3, -0.25) is 4.90 Å². The van der Waals surface area contributed by atoms with Crippen LogP contribution in [-0.2, 0) is 13.0 Å². The maximum Gasteiger partial charge on any atom is 0.123 e. The van der Waals surface area contributed by atoms with Gasteiger partial charge in [0.25, 0.3) is 0 Å². The van der Waals surface area contributed by atoms with E-state index in [1.54, 1.807) is 0 Å². The molecule has 1 heterocycles. The Hall–Kier alpha value is -1.71. The van der Waals surface area contributed by atoms with Crippen LogP contribution in [0, 0.1) is 5.82 Å². The summed E-state index contributed by atoms with van der Waals surface area (Å²) in [5.74, 6) is -0.160. The fourth-order valence-electron chi connectivity index (χ4n) is 3.21. The van der Waals surface area contributed by atoms with Crippen molar-refractivity contribution >= 4 is 0 Å². The third-order valence-corrected chi connectivity index (χ3v) is 4.60. The van der Waals surface area contributed by atoms with Crippen molar-refractivity contribution in [2.75, 3.05) is 19.6 Å². The summed E-state index contributed by atoms with van der Waals surface area (Å²) in [7, 11) is 0. The SMILES string of the molecule is Fc1ccc(CCNC2CCN(Cc3ccccc3)CC2)cc1. The van der Waals surface area contributed by atoms with Crippen LogP contribution in [0.4, 0.5) is 4.39 Å². The molecule has 0 saturated carbocycles. The average Bonchev–Trinajstić information content (AvgIpc) is 2.59. The van der Waals surface area contributed by atoms with Gasteiger partial charge in [0.05, 0.1) is 0 Å². The molecular weight excluding hydrogens is 287 g/mol. The van der Waals surface area contributed by atoms with Crippen molar-refractivity contribution in [2.24, 2.45) is 0 Å². The van der Waals surface area contributed by atoms with E-state index in [0.29, 0.717) is 6.04 Å². The highest BCUT2D eigenvalue weighted by molar-refractivity contribution is 5.16. The molecular formula is C20H25FN2. The largest absolute Gasteiger partial charge is 0.314 e. The summed E-state index contributed by atoms with van der Waals surface area (Å²) in [4.78, 5) is 2.54. The highest BCUT2D eigenvalue weighted by Gasteiger charge is 2.18. The summed E-state index contributed by atoms with van der Waals surface area (Å²) in [5.41, 5.74) is 2.59. The van der Waals surface area contributed by atoms with Crippen molar-refractivity contribution in [1.82, 2.24) is 10.2 Å². The van der Waals surface area contributed by atoms with Crippen molar-refractivity contribution in [1.29, 1.82) is 0 Å². The number of piperidine rings is 1. The minimum atomic E-state index is -0.160. The zero-order valence-corrected chi connectivity index (χ0v) is 13.5. The van der Waals surface area contributed by atoms with Crippen LogP contribution >= 0.6 is 0 Å². The Bertz CT molecular complexity index is 574. The lowest BCUT2D eigenvalue weighted by molar-refractivity contribution is 0.191. The molecule has 1 aliphatic heterocycles. The molecule has 1 fully saturated rings. The molecule has 0 aliphatic carbocycles. The summed E-state index contributed by atoms with van der Waals surface area (Å²) in [6, 6.07) is 18.1. The minimum Gasteiger partial charge on any atom is -0.314 e. The smallest absolute Gasteiger partial charge is 0.123 e. The number of hydrogen-bond donors (Lipinski definition) is 1. The van der Waals surface area contributed by atoms with Crippen LogP contribution in [0.1, 0.15) is 24.0 Å². The van der Waals surface area contributed by atoms with E-state index in [2.05, 4.69) is 40.5 Å². The molecule has 0 atom stereocenters. The number of likely N-dealkylation sites (tertiary alicyclic amines) is 1. The predicted octanol–water partition coefficient (Wildman–Crippen LogP) is 3.62. The van der Waals surface area contributed by atoms with Crippen LogP contribution in [0.3, 0.4) is 0 Å². The standard InChI is InChI=1S/C20H25FN2/c21-19-8-6-17(7-9-19)10-13-22-20-11-14-23(15-12-20)16-18-4-2-1-3-5-18/h1-9,20,22H,10-16H2. The lowest BCUT2D eigenvalue weighted by Gasteiger charge is -2.32. The molecule has 2 aromatic carbocycles. The monoisotopic (exact) mass is 312 g/mol. The van der Waals surface area contributed by atoms with E-state index in [1.807, 2.05) is 12.1 Å². The molecule has 0 unspecified atom stereocenters. The molecule has 23 heavy (non-hydrogen) atoms. The van der Waals surface area contributed by atoms with Gasteiger partial charge in [-0.1, -0.05) is 42.5 Å². The first-order valence-corrected chi connectivity index (χ1v) is 8.54. The maximum absolute atomic E-state index is 12.9. The number of benzene rings is 2. The van der Waals surface area contributed by atoms with E-state index in [4.69, 9.17) is 0 Å². The number of hydrogen-bond acceptors (Lipinski definition) is 2. The van der Waals surface area contributed by atoms with Gasteiger partial charge in [-0.05, 0) is 62.2 Å². The molecule has 0 bridgehead atoms. The predicted molar refractivity (Wildman–Crippen MR) is 92.8 cm³/mol. The van der Waals surface area contributed by atoms with Crippen molar-refractivity contribution in [2.45, 2.75) is 31.8 Å². The van der Waals surface area contributed by atoms with Gasteiger partial charge in [-0.2, -0.15) is 0 Å². The fraction of sp³-hybridized carbons (Fsp3) is 0.400. The Morgan fingerprint density at radius 1 is 0.913 bits per heavy atom. The topological polar surface area (TPSA) is 15.3 Å². The van der Waals surface area contributed by atoms with Crippen LogP contribution in [0.5, 0.6) is 0 Å². The lowest BCUT2D eigenvalue weighted by atomic mass is 10.0. The van der Waals surface area contributed by atoms with E-state index < -0.39 is 0 Å². The number of nitrogens with zero attached hydrogens (tertiary/aromatic N) is 1. The van der Waals surface area contributed by atoms with E-state index in [-0.39, 0.29) is 5.82 Å². The number of halogens is 1. The molecule has 1 saturated heterocycles. The van der Waals surface area contributed by atoms with Gasteiger partial charge in [0.1, 0.15) is 5.82 Å². The van der Waals surface area contributed by atoms with Crippen molar-refractivity contribution in [3.05, 3.63) is 71.5 Å². The van der Waals surface area contributed by atoms with Crippen LogP contribution in [0.2, 0.25) is 0 Å². The second kappa shape index (κ2) is 8.23. The molecule has 0 radical (unpaired) electrons. The quantitative estimate of drug-likeness (QED) is 0.876. The molecule has 3 heteroatoms. The highest BCUT2D eigenvalue weighted by atomic mass is 19.1. The molecule has 0 amide bonds. The Labute approximate surface area is 138 Å². The van der Waals surface area contributed by atoms with E-state index >= 15 is 0 Å². The second-order valence-electron chi connectivity index (χ2n) is 6.37. The molecule has 0 spiro atoms. The summed E-state index contributed by atoms with van der Waals surface area (Å²) in [6.07, 6.45) is 3.37. The number of rotatable bonds is 6. The van der Waals surface area contributed by atoms with Crippen molar-refractivity contribution < 1.29 is 4.39 Å². The summed E-state index contributed by atoms with van der Waals surface area (Å²) < 4.78 is 12.9. The zero-order valence-electron chi connectivity index (χ0n) is 13.5. The molecule has 122 valence electrons. The first-order valence-electron chi connectivity index (χ1n) is 8.54. The molecule has 2 nitrogen and oxygen atoms in total. The van der Waals surface area contributed by atoms with Gasteiger partial charge in [0.2, 0.25) is 0 Å². The van der Waals surface area contributed by atoms with Gasteiger partial charge < -0.3 is 5.32 Å². The highest BCUT2D eigenvalue weighted by Crippen LogP contribution is 2.14. The first kappa shape index (κ1) is 16.2. The van der Waals surface area contributed by atoms with Crippen molar-refractivity contribution in [3.8, 4) is 0 Å². The van der Waals surface area contributed by atoms with Gasteiger partial charge >= 0.3 is 0 Å². The van der Waals surface area contributed by atoms with E-state index in [1.165, 1.54) is 36.1 Å². The molecule has 1 N–H and O–H groups in total. The van der Waals surface area contributed by atoms with Gasteiger partial charge in [0.15, 0.2) is 0 Å². The number of nitrogens with one attached hydrogen (secondary N) is 1. The van der Waals surface area contributed by atoms with Crippen LogP contribution in [-0.4, -0.2) is 30.6 Å². The van der Waals surface area contributed by atoms with Crippen LogP contribution in [0.15, 0.2) is 54.6 Å². The van der Waals surface area contributed by atoms with Gasteiger partial charge in [-0.25, -0.2) is 4.39 Å². The van der Waals surface area contributed by atoms with Gasteiger partial charge in [0, 0.05) is 12.6 Å². The Balaban J connectivity index is 1.35. The molecule has 3 rings (SSSR count). The fourth-order valence-corrected chi connectivity index (χ4v) is 3.21. The summed E-state index contributed by atoms with van der Waals surface area (Å²) >= 11 is 0. The normalized spacial score (nSPS) is 16.6. The van der Waals surface area contributed by atoms with E-state index in [9.17, 15) is 4.39 Å². The second-order valence-corrected chi connectivity index (χ2v) is 6.37. The molecule has 1 aliphatic rings. The third-order valence-electron chi connectivity index (χ3n) is 4.60. The first-order chi connectivity index (χ1) is 11.3. The maximum atomic E-state index is 12.9. The summed E-state index contributed by atoms with van der Waals surface area (Å²) in [6.45, 7) is 4.34. The van der Waals surface area contributed by atoms with E-state index in [0.717, 1.165) is 32.6 Å². The third kappa shape index (κ3) is 5.15. The summed E-state index contributed by atoms with van der Waals surface area (Å²) in [5, 5.41) is 3.65.